The standard InChI is InChI=1S/C14H21NO2/c1-10-6-7-12(8-11(10)2)14(3,4)9-15-13(16)17-5/h6-8H,9H2,1-5H3,(H,15,16). The van der Waals surface area contributed by atoms with Crippen molar-refractivity contribution >= 4 is 6.09 Å². The van der Waals surface area contributed by atoms with Crippen LogP contribution < -0.4 is 5.32 Å². The van der Waals surface area contributed by atoms with E-state index in [4.69, 9.17) is 0 Å². The summed E-state index contributed by atoms with van der Waals surface area (Å²) < 4.78 is 4.57. The summed E-state index contributed by atoms with van der Waals surface area (Å²) in [7, 11) is 1.37. The van der Waals surface area contributed by atoms with Crippen LogP contribution in [0.25, 0.3) is 0 Å². The molecule has 0 spiro atoms. The van der Waals surface area contributed by atoms with Crippen LogP contribution in [0.4, 0.5) is 4.79 Å². The lowest BCUT2D eigenvalue weighted by Crippen LogP contribution is -2.36. The predicted molar refractivity (Wildman–Crippen MR) is 69.3 cm³/mol. The van der Waals surface area contributed by atoms with E-state index >= 15 is 0 Å². The summed E-state index contributed by atoms with van der Waals surface area (Å²) in [4.78, 5) is 11.1. The maximum Gasteiger partial charge on any atom is 0.406 e. The van der Waals surface area contributed by atoms with Crippen LogP contribution in [0, 0.1) is 13.8 Å². The summed E-state index contributed by atoms with van der Waals surface area (Å²) in [6.45, 7) is 8.96. The highest BCUT2D eigenvalue weighted by atomic mass is 16.5. The second-order valence-corrected chi connectivity index (χ2v) is 5.03. The zero-order chi connectivity index (χ0) is 13.1. The van der Waals surface area contributed by atoms with E-state index in [-0.39, 0.29) is 11.5 Å². The summed E-state index contributed by atoms with van der Waals surface area (Å²) in [6.07, 6.45) is -0.387. The van der Waals surface area contributed by atoms with Gasteiger partial charge in [-0.3, -0.25) is 0 Å². The lowest BCUT2D eigenvalue weighted by molar-refractivity contribution is 0.168. The highest BCUT2D eigenvalue weighted by Crippen LogP contribution is 2.24. The Morgan fingerprint density at radius 3 is 2.47 bits per heavy atom. The van der Waals surface area contributed by atoms with Crippen molar-refractivity contribution in [3.05, 3.63) is 34.9 Å². The summed E-state index contributed by atoms with van der Waals surface area (Å²) >= 11 is 0. The van der Waals surface area contributed by atoms with E-state index in [1.54, 1.807) is 0 Å². The van der Waals surface area contributed by atoms with Crippen LogP contribution in [0.2, 0.25) is 0 Å². The van der Waals surface area contributed by atoms with Crippen molar-refractivity contribution in [2.24, 2.45) is 0 Å². The molecule has 0 radical (unpaired) electrons. The van der Waals surface area contributed by atoms with Gasteiger partial charge in [0.05, 0.1) is 7.11 Å². The molecule has 3 nitrogen and oxygen atoms in total. The first kappa shape index (κ1) is 13.6. The average Bonchev–Trinajstić information content (AvgIpc) is 2.29. The Labute approximate surface area is 103 Å². The summed E-state index contributed by atoms with van der Waals surface area (Å²) in [5.41, 5.74) is 3.67. The quantitative estimate of drug-likeness (QED) is 0.874. The van der Waals surface area contributed by atoms with Crippen LogP contribution in [-0.2, 0) is 10.2 Å². The van der Waals surface area contributed by atoms with Gasteiger partial charge in [-0.25, -0.2) is 4.79 Å². The number of benzene rings is 1. The molecule has 1 N–H and O–H groups in total. The molecule has 94 valence electrons. The first-order chi connectivity index (χ1) is 7.86. The molecule has 0 saturated carbocycles. The lowest BCUT2D eigenvalue weighted by atomic mass is 9.83. The number of alkyl carbamates (subject to hydrolysis) is 1. The molecule has 0 fully saturated rings. The van der Waals surface area contributed by atoms with Crippen molar-refractivity contribution in [3.8, 4) is 0 Å². The Morgan fingerprint density at radius 1 is 1.29 bits per heavy atom. The molecule has 0 saturated heterocycles. The van der Waals surface area contributed by atoms with Crippen molar-refractivity contribution in [2.75, 3.05) is 13.7 Å². The molecule has 3 heteroatoms. The van der Waals surface area contributed by atoms with E-state index in [9.17, 15) is 4.79 Å². The summed E-state index contributed by atoms with van der Waals surface area (Å²) in [6, 6.07) is 6.40. The molecule has 0 atom stereocenters. The molecule has 1 amide bonds. The Bertz CT molecular complexity index is 411. The molecule has 0 aliphatic heterocycles. The first-order valence-electron chi connectivity index (χ1n) is 5.76. The number of carbonyl (C=O) groups is 1. The minimum Gasteiger partial charge on any atom is -0.453 e. The smallest absolute Gasteiger partial charge is 0.406 e. The second kappa shape index (κ2) is 5.21. The maximum absolute atomic E-state index is 11.1. The first-order valence-corrected chi connectivity index (χ1v) is 5.76. The molecular formula is C14H21NO2. The fraction of sp³-hybridized carbons (Fsp3) is 0.500. The van der Waals surface area contributed by atoms with E-state index in [1.165, 1.54) is 23.8 Å². The van der Waals surface area contributed by atoms with Gasteiger partial charge in [0.2, 0.25) is 0 Å². The number of aryl methyl sites for hydroxylation is 2. The molecule has 0 aliphatic carbocycles. The predicted octanol–water partition coefficient (Wildman–Crippen LogP) is 2.94. The van der Waals surface area contributed by atoms with Crippen molar-refractivity contribution < 1.29 is 9.53 Å². The summed E-state index contributed by atoms with van der Waals surface area (Å²) in [5.74, 6) is 0. The minimum absolute atomic E-state index is 0.105. The monoisotopic (exact) mass is 235 g/mol. The number of nitrogens with one attached hydrogen (secondary N) is 1. The van der Waals surface area contributed by atoms with Gasteiger partial charge >= 0.3 is 6.09 Å². The van der Waals surface area contributed by atoms with Gasteiger partial charge in [-0.15, -0.1) is 0 Å². The van der Waals surface area contributed by atoms with E-state index in [0.717, 1.165) is 0 Å². The molecule has 1 aromatic rings. The number of hydrogen-bond donors (Lipinski definition) is 1. The molecule has 1 aromatic carbocycles. The fourth-order valence-electron chi connectivity index (χ4n) is 1.63. The molecule has 1 rings (SSSR count). The van der Waals surface area contributed by atoms with Crippen LogP contribution in [0.5, 0.6) is 0 Å². The number of hydrogen-bond acceptors (Lipinski definition) is 2. The van der Waals surface area contributed by atoms with Gasteiger partial charge in [0, 0.05) is 12.0 Å². The molecule has 0 aromatic heterocycles. The number of amides is 1. The molecule has 0 aliphatic rings. The van der Waals surface area contributed by atoms with E-state index in [2.05, 4.69) is 55.9 Å². The Morgan fingerprint density at radius 2 is 1.94 bits per heavy atom. The molecule has 17 heavy (non-hydrogen) atoms. The highest BCUT2D eigenvalue weighted by Gasteiger charge is 2.21. The van der Waals surface area contributed by atoms with E-state index in [1.807, 2.05) is 0 Å². The number of rotatable bonds is 3. The van der Waals surface area contributed by atoms with Crippen molar-refractivity contribution in [2.45, 2.75) is 33.1 Å². The van der Waals surface area contributed by atoms with Gasteiger partial charge in [0.1, 0.15) is 0 Å². The van der Waals surface area contributed by atoms with E-state index in [0.29, 0.717) is 6.54 Å². The lowest BCUT2D eigenvalue weighted by Gasteiger charge is -2.26. The molecular weight excluding hydrogens is 214 g/mol. The normalized spacial score (nSPS) is 11.1. The third-order valence-corrected chi connectivity index (χ3v) is 3.15. The zero-order valence-electron chi connectivity index (χ0n) is 11.3. The largest absolute Gasteiger partial charge is 0.453 e. The summed E-state index contributed by atoms with van der Waals surface area (Å²) in [5, 5.41) is 2.74. The Balaban J connectivity index is 2.81. The topological polar surface area (TPSA) is 38.3 Å². The Hall–Kier alpha value is -1.51. The van der Waals surface area contributed by atoms with Gasteiger partial charge in [-0.1, -0.05) is 32.0 Å². The van der Waals surface area contributed by atoms with Crippen molar-refractivity contribution in [1.82, 2.24) is 5.32 Å². The van der Waals surface area contributed by atoms with E-state index < -0.39 is 0 Å². The second-order valence-electron chi connectivity index (χ2n) is 5.03. The third kappa shape index (κ3) is 3.48. The average molecular weight is 235 g/mol. The van der Waals surface area contributed by atoms with Crippen LogP contribution >= 0.6 is 0 Å². The number of methoxy groups -OCH3 is 1. The van der Waals surface area contributed by atoms with Crippen molar-refractivity contribution in [3.63, 3.8) is 0 Å². The fourth-order valence-corrected chi connectivity index (χ4v) is 1.63. The molecule has 0 heterocycles. The third-order valence-electron chi connectivity index (χ3n) is 3.15. The maximum atomic E-state index is 11.1. The number of ether oxygens (including phenoxy) is 1. The van der Waals surface area contributed by atoms with Gasteiger partial charge in [-0.2, -0.15) is 0 Å². The Kier molecular flexibility index (Phi) is 4.16. The van der Waals surface area contributed by atoms with Crippen LogP contribution in [-0.4, -0.2) is 19.7 Å². The van der Waals surface area contributed by atoms with Crippen LogP contribution in [0.1, 0.15) is 30.5 Å². The molecule has 0 unspecified atom stereocenters. The number of carbonyl (C=O) groups excluding carboxylic acids is 1. The zero-order valence-corrected chi connectivity index (χ0v) is 11.3. The van der Waals surface area contributed by atoms with Crippen molar-refractivity contribution in [1.29, 1.82) is 0 Å². The minimum atomic E-state index is -0.387. The molecule has 0 bridgehead atoms. The van der Waals surface area contributed by atoms with Gasteiger partial charge in [0.15, 0.2) is 0 Å². The SMILES string of the molecule is COC(=O)NCC(C)(C)c1ccc(C)c(C)c1. The van der Waals surface area contributed by atoms with Gasteiger partial charge in [-0.05, 0) is 30.5 Å². The van der Waals surface area contributed by atoms with Gasteiger partial charge < -0.3 is 10.1 Å². The van der Waals surface area contributed by atoms with Crippen LogP contribution in [0.15, 0.2) is 18.2 Å². The van der Waals surface area contributed by atoms with Gasteiger partial charge in [0.25, 0.3) is 0 Å². The van der Waals surface area contributed by atoms with Crippen LogP contribution in [0.3, 0.4) is 0 Å². The highest BCUT2D eigenvalue weighted by molar-refractivity contribution is 5.67.